The first kappa shape index (κ1) is 19.0. The number of nitrogens with zero attached hydrogens (tertiary/aromatic N) is 1. The molecule has 2 aromatic rings. The molecule has 0 bridgehead atoms. The molecule has 0 spiro atoms. The summed E-state index contributed by atoms with van der Waals surface area (Å²) < 4.78 is 5.52. The first-order valence-electron chi connectivity index (χ1n) is 8.68. The summed E-state index contributed by atoms with van der Waals surface area (Å²) in [5, 5.41) is 10.6. The molecule has 26 heavy (non-hydrogen) atoms. The van der Waals surface area contributed by atoms with Gasteiger partial charge in [-0.2, -0.15) is 0 Å². The van der Waals surface area contributed by atoms with Gasteiger partial charge in [0.15, 0.2) is 0 Å². The Labute approximate surface area is 163 Å². The van der Waals surface area contributed by atoms with E-state index in [0.717, 1.165) is 23.3 Å². The summed E-state index contributed by atoms with van der Waals surface area (Å²) >= 11 is 12.7. The summed E-state index contributed by atoms with van der Waals surface area (Å²) in [6.45, 7) is 3.22. The van der Waals surface area contributed by atoms with Crippen LogP contribution in [0.2, 0.25) is 10.0 Å². The van der Waals surface area contributed by atoms with E-state index >= 15 is 0 Å². The van der Waals surface area contributed by atoms with Gasteiger partial charge in [0.05, 0.1) is 22.7 Å². The molecule has 1 N–H and O–H groups in total. The van der Waals surface area contributed by atoms with E-state index in [0.29, 0.717) is 29.6 Å². The Morgan fingerprint density at radius 2 is 2.00 bits per heavy atom. The number of carbonyl (C=O) groups is 1. The lowest BCUT2D eigenvalue weighted by atomic mass is 9.96. The monoisotopic (exact) mass is 393 g/mol. The molecule has 0 saturated carbocycles. The molecule has 1 aliphatic heterocycles. The van der Waals surface area contributed by atoms with Gasteiger partial charge in [0.25, 0.3) is 0 Å². The average Bonchev–Trinajstić information content (AvgIpc) is 3.10. The van der Waals surface area contributed by atoms with Crippen molar-refractivity contribution in [3.63, 3.8) is 0 Å². The summed E-state index contributed by atoms with van der Waals surface area (Å²) in [4.78, 5) is 13.7. The Balaban J connectivity index is 2.07. The number of halogens is 2. The van der Waals surface area contributed by atoms with Gasteiger partial charge in [-0.25, -0.2) is 0 Å². The highest BCUT2D eigenvalue weighted by Gasteiger charge is 2.37. The number of benzene rings is 2. The zero-order valence-electron chi connectivity index (χ0n) is 14.5. The van der Waals surface area contributed by atoms with Crippen LogP contribution < -0.4 is 4.74 Å². The van der Waals surface area contributed by atoms with E-state index in [4.69, 9.17) is 27.9 Å². The zero-order chi connectivity index (χ0) is 18.7. The maximum absolute atomic E-state index is 11.7. The van der Waals surface area contributed by atoms with E-state index in [1.54, 1.807) is 6.07 Å². The second-order valence-electron chi connectivity index (χ2n) is 6.28. The highest BCUT2D eigenvalue weighted by molar-refractivity contribution is 6.42. The first-order chi connectivity index (χ1) is 12.5. The van der Waals surface area contributed by atoms with Crippen molar-refractivity contribution in [2.24, 2.45) is 0 Å². The van der Waals surface area contributed by atoms with Crippen LogP contribution in [-0.4, -0.2) is 35.2 Å². The Hall–Kier alpha value is -1.75. The maximum Gasteiger partial charge on any atom is 0.320 e. The Morgan fingerprint density at radius 1 is 1.27 bits per heavy atom. The number of hydrogen-bond donors (Lipinski definition) is 1. The lowest BCUT2D eigenvalue weighted by Gasteiger charge is -2.32. The van der Waals surface area contributed by atoms with Crippen molar-refractivity contribution in [1.82, 2.24) is 4.90 Å². The van der Waals surface area contributed by atoms with Crippen LogP contribution in [0.4, 0.5) is 0 Å². The molecule has 0 aliphatic carbocycles. The predicted molar refractivity (Wildman–Crippen MR) is 103 cm³/mol. The van der Waals surface area contributed by atoms with Crippen molar-refractivity contribution in [2.45, 2.75) is 31.8 Å². The van der Waals surface area contributed by atoms with E-state index in [-0.39, 0.29) is 6.04 Å². The smallest absolute Gasteiger partial charge is 0.320 e. The Bertz CT molecular complexity index is 779. The van der Waals surface area contributed by atoms with Gasteiger partial charge in [0.1, 0.15) is 11.8 Å². The third-order valence-corrected chi connectivity index (χ3v) is 5.53. The van der Waals surface area contributed by atoms with Crippen LogP contribution in [0.25, 0.3) is 0 Å². The van der Waals surface area contributed by atoms with Crippen molar-refractivity contribution < 1.29 is 14.6 Å². The molecular weight excluding hydrogens is 373 g/mol. The lowest BCUT2D eigenvalue weighted by Crippen LogP contribution is -2.39. The zero-order valence-corrected chi connectivity index (χ0v) is 16.0. The average molecular weight is 394 g/mol. The topological polar surface area (TPSA) is 49.8 Å². The SMILES string of the molecule is CCOc1ccc(C(c2cccc(Cl)c2Cl)N2CCCC2C(=O)O)cc1. The van der Waals surface area contributed by atoms with E-state index in [9.17, 15) is 9.90 Å². The van der Waals surface area contributed by atoms with Gasteiger partial charge in [0, 0.05) is 6.54 Å². The molecule has 1 heterocycles. The summed E-state index contributed by atoms with van der Waals surface area (Å²) in [6, 6.07) is 12.4. The molecule has 6 heteroatoms. The van der Waals surface area contributed by atoms with E-state index in [1.807, 2.05) is 48.2 Å². The molecule has 1 saturated heterocycles. The number of rotatable bonds is 6. The molecule has 138 valence electrons. The summed E-state index contributed by atoms with van der Waals surface area (Å²) in [5.41, 5.74) is 1.78. The second-order valence-corrected chi connectivity index (χ2v) is 7.07. The number of ether oxygens (including phenoxy) is 1. The number of likely N-dealkylation sites (tertiary alicyclic amines) is 1. The summed E-state index contributed by atoms with van der Waals surface area (Å²) in [5.74, 6) is -0.0278. The second kappa shape index (κ2) is 8.30. The predicted octanol–water partition coefficient (Wildman–Crippen LogP) is 5.03. The van der Waals surface area contributed by atoms with Crippen LogP contribution >= 0.6 is 23.2 Å². The first-order valence-corrected chi connectivity index (χ1v) is 9.43. The van der Waals surface area contributed by atoms with Gasteiger partial charge in [-0.15, -0.1) is 0 Å². The maximum atomic E-state index is 11.7. The van der Waals surface area contributed by atoms with Crippen molar-refractivity contribution in [2.75, 3.05) is 13.2 Å². The van der Waals surface area contributed by atoms with Crippen LogP contribution in [0.3, 0.4) is 0 Å². The third kappa shape index (κ3) is 3.83. The van der Waals surface area contributed by atoms with E-state index < -0.39 is 12.0 Å². The molecule has 1 fully saturated rings. The van der Waals surface area contributed by atoms with Gasteiger partial charge in [0.2, 0.25) is 0 Å². The molecule has 4 nitrogen and oxygen atoms in total. The summed E-state index contributed by atoms with van der Waals surface area (Å²) in [6.07, 6.45) is 1.46. The fraction of sp³-hybridized carbons (Fsp3) is 0.350. The lowest BCUT2D eigenvalue weighted by molar-refractivity contribution is -0.142. The molecule has 1 aliphatic rings. The van der Waals surface area contributed by atoms with Gasteiger partial charge < -0.3 is 9.84 Å². The van der Waals surface area contributed by atoms with Gasteiger partial charge in [-0.3, -0.25) is 9.69 Å². The van der Waals surface area contributed by atoms with Crippen LogP contribution in [0, 0.1) is 0 Å². The normalized spacial score (nSPS) is 18.7. The van der Waals surface area contributed by atoms with Crippen LogP contribution in [0.5, 0.6) is 5.75 Å². The number of hydrogen-bond acceptors (Lipinski definition) is 3. The van der Waals surface area contributed by atoms with Crippen molar-refractivity contribution >= 4 is 29.2 Å². The number of carboxylic acid groups (broad SMARTS) is 1. The molecule has 0 aromatic heterocycles. The van der Waals surface area contributed by atoms with Crippen molar-refractivity contribution in [3.8, 4) is 5.75 Å². The number of aliphatic carboxylic acids is 1. The fourth-order valence-electron chi connectivity index (χ4n) is 3.56. The summed E-state index contributed by atoms with van der Waals surface area (Å²) in [7, 11) is 0. The largest absolute Gasteiger partial charge is 0.494 e. The van der Waals surface area contributed by atoms with E-state index in [1.165, 1.54) is 0 Å². The molecule has 2 atom stereocenters. The molecule has 2 aromatic carbocycles. The fourth-order valence-corrected chi connectivity index (χ4v) is 3.97. The molecule has 3 rings (SSSR count). The molecule has 0 radical (unpaired) electrons. The van der Waals surface area contributed by atoms with Crippen molar-refractivity contribution in [1.29, 1.82) is 0 Å². The van der Waals surface area contributed by atoms with Gasteiger partial charge in [-0.1, -0.05) is 47.5 Å². The Morgan fingerprint density at radius 3 is 2.65 bits per heavy atom. The minimum atomic E-state index is -0.809. The van der Waals surface area contributed by atoms with Crippen LogP contribution in [0.15, 0.2) is 42.5 Å². The molecular formula is C20H21Cl2NO3. The minimum absolute atomic E-state index is 0.277. The van der Waals surface area contributed by atoms with Gasteiger partial charge in [-0.05, 0) is 49.1 Å². The highest BCUT2D eigenvalue weighted by Crippen LogP contribution is 2.40. The van der Waals surface area contributed by atoms with Gasteiger partial charge >= 0.3 is 5.97 Å². The molecule has 2 unspecified atom stereocenters. The quantitative estimate of drug-likeness (QED) is 0.747. The van der Waals surface area contributed by atoms with Crippen LogP contribution in [0.1, 0.15) is 36.9 Å². The minimum Gasteiger partial charge on any atom is -0.494 e. The third-order valence-electron chi connectivity index (χ3n) is 4.69. The van der Waals surface area contributed by atoms with E-state index in [2.05, 4.69) is 0 Å². The highest BCUT2D eigenvalue weighted by atomic mass is 35.5. The number of carboxylic acids is 1. The van der Waals surface area contributed by atoms with Crippen molar-refractivity contribution in [3.05, 3.63) is 63.6 Å². The Kier molecular flexibility index (Phi) is 6.07. The standard InChI is InChI=1S/C20H21Cl2NO3/c1-2-26-14-10-8-13(9-11-14)19(15-5-3-6-16(21)18(15)22)23-12-4-7-17(23)20(24)25/h3,5-6,8-11,17,19H,2,4,7,12H2,1H3,(H,24,25). The van der Waals surface area contributed by atoms with Crippen LogP contribution in [-0.2, 0) is 4.79 Å². The molecule has 0 amide bonds.